The van der Waals surface area contributed by atoms with Gasteiger partial charge in [0.2, 0.25) is 0 Å². The molecule has 0 rings (SSSR count). The number of unbranched alkanes of at least 4 members (excludes halogenated alkanes) is 1. The molecule has 0 amide bonds. The van der Waals surface area contributed by atoms with Crippen LogP contribution in [0.4, 0.5) is 0 Å². The highest BCUT2D eigenvalue weighted by Crippen LogP contribution is 2.29. The van der Waals surface area contributed by atoms with E-state index in [-0.39, 0.29) is 0 Å². The lowest BCUT2D eigenvalue weighted by Gasteiger charge is -2.27. The first-order valence-electron chi connectivity index (χ1n) is 5.85. The summed E-state index contributed by atoms with van der Waals surface area (Å²) in [5.74, 6) is 0.768. The minimum Gasteiger partial charge on any atom is -0.390 e. The molecule has 1 N–H and O–H groups in total. The second-order valence-corrected chi connectivity index (χ2v) is 6.33. The maximum atomic E-state index is 9.54. The molecule has 0 radical (unpaired) electrons. The van der Waals surface area contributed by atoms with Gasteiger partial charge >= 0.3 is 0 Å². The van der Waals surface area contributed by atoms with Gasteiger partial charge < -0.3 is 5.11 Å². The molecule has 1 unspecified atom stereocenters. The predicted octanol–water partition coefficient (Wildman–Crippen LogP) is 4.00. The largest absolute Gasteiger partial charge is 0.390 e. The monoisotopic (exact) mass is 200 g/mol. The summed E-state index contributed by atoms with van der Waals surface area (Å²) in [6, 6.07) is 0. The lowest BCUT2D eigenvalue weighted by molar-refractivity contribution is 0.0671. The lowest BCUT2D eigenvalue weighted by Crippen LogP contribution is -2.19. The molecule has 0 aromatic rings. The van der Waals surface area contributed by atoms with Gasteiger partial charge in [0.15, 0.2) is 0 Å². The molecule has 0 spiro atoms. The molecule has 1 atom stereocenters. The first-order valence-corrected chi connectivity index (χ1v) is 5.85. The van der Waals surface area contributed by atoms with Crippen molar-refractivity contribution in [2.24, 2.45) is 11.3 Å². The summed E-state index contributed by atoms with van der Waals surface area (Å²) in [7, 11) is 0. The van der Waals surface area contributed by atoms with Crippen LogP contribution in [0.3, 0.4) is 0 Å². The van der Waals surface area contributed by atoms with Crippen molar-refractivity contribution in [3.8, 4) is 0 Å². The van der Waals surface area contributed by atoms with Gasteiger partial charge in [-0.1, -0.05) is 47.0 Å². The van der Waals surface area contributed by atoms with Gasteiger partial charge in [-0.25, -0.2) is 0 Å². The lowest BCUT2D eigenvalue weighted by atomic mass is 9.79. The van der Waals surface area contributed by atoms with E-state index < -0.39 is 5.60 Å². The zero-order chi connectivity index (χ0) is 11.4. The normalized spacial score (nSPS) is 15.6. The van der Waals surface area contributed by atoms with E-state index >= 15 is 0 Å². The van der Waals surface area contributed by atoms with Gasteiger partial charge in [-0.15, -0.1) is 0 Å². The second-order valence-electron chi connectivity index (χ2n) is 6.33. The standard InChI is InChI=1S/C13H28O/c1-11(12(2,3)4)9-7-8-10-13(5,6)14/h11,14H,7-10H2,1-6H3. The van der Waals surface area contributed by atoms with E-state index in [4.69, 9.17) is 0 Å². The molecule has 0 bridgehead atoms. The van der Waals surface area contributed by atoms with Crippen molar-refractivity contribution < 1.29 is 5.11 Å². The summed E-state index contributed by atoms with van der Waals surface area (Å²) >= 11 is 0. The van der Waals surface area contributed by atoms with Crippen molar-refractivity contribution in [3.63, 3.8) is 0 Å². The quantitative estimate of drug-likeness (QED) is 0.665. The summed E-state index contributed by atoms with van der Waals surface area (Å²) < 4.78 is 0. The van der Waals surface area contributed by atoms with Gasteiger partial charge in [0.1, 0.15) is 0 Å². The Kier molecular flexibility index (Phi) is 5.14. The van der Waals surface area contributed by atoms with Crippen LogP contribution in [0.1, 0.15) is 67.2 Å². The maximum Gasteiger partial charge on any atom is 0.0591 e. The predicted molar refractivity (Wildman–Crippen MR) is 63.4 cm³/mol. The molecule has 0 aliphatic heterocycles. The van der Waals surface area contributed by atoms with Gasteiger partial charge in [-0.3, -0.25) is 0 Å². The maximum absolute atomic E-state index is 9.54. The van der Waals surface area contributed by atoms with Crippen molar-refractivity contribution in [3.05, 3.63) is 0 Å². The van der Waals surface area contributed by atoms with Gasteiger partial charge in [0.25, 0.3) is 0 Å². The van der Waals surface area contributed by atoms with E-state index in [2.05, 4.69) is 27.7 Å². The van der Waals surface area contributed by atoms with Crippen LogP contribution in [0.25, 0.3) is 0 Å². The van der Waals surface area contributed by atoms with Crippen LogP contribution in [-0.2, 0) is 0 Å². The Morgan fingerprint density at radius 3 is 1.86 bits per heavy atom. The summed E-state index contributed by atoms with van der Waals surface area (Å²) in [6.45, 7) is 13.0. The fourth-order valence-corrected chi connectivity index (χ4v) is 1.44. The Hall–Kier alpha value is -0.0400. The average Bonchev–Trinajstić information content (AvgIpc) is 1.93. The average molecular weight is 200 g/mol. The van der Waals surface area contributed by atoms with Crippen LogP contribution < -0.4 is 0 Å². The molecule has 0 fully saturated rings. The second kappa shape index (κ2) is 5.16. The van der Waals surface area contributed by atoms with E-state index in [1.165, 1.54) is 12.8 Å². The van der Waals surface area contributed by atoms with Crippen molar-refractivity contribution in [1.29, 1.82) is 0 Å². The van der Waals surface area contributed by atoms with Crippen molar-refractivity contribution in [2.45, 2.75) is 72.8 Å². The molecule has 0 aliphatic carbocycles. The smallest absolute Gasteiger partial charge is 0.0591 e. The molecule has 0 aliphatic rings. The molecule has 14 heavy (non-hydrogen) atoms. The molecular formula is C13H28O. The molecule has 86 valence electrons. The van der Waals surface area contributed by atoms with Crippen LogP contribution in [0.5, 0.6) is 0 Å². The number of aliphatic hydroxyl groups is 1. The Morgan fingerprint density at radius 2 is 1.50 bits per heavy atom. The van der Waals surface area contributed by atoms with Crippen LogP contribution in [0.2, 0.25) is 0 Å². The van der Waals surface area contributed by atoms with Crippen LogP contribution in [0, 0.1) is 11.3 Å². The molecule has 0 saturated carbocycles. The Balaban J connectivity index is 3.56. The Bertz CT molecular complexity index is 148. The van der Waals surface area contributed by atoms with Crippen LogP contribution in [0.15, 0.2) is 0 Å². The minimum absolute atomic E-state index is 0.425. The zero-order valence-corrected chi connectivity index (χ0v) is 10.9. The highest BCUT2D eigenvalue weighted by Gasteiger charge is 2.19. The molecule has 0 saturated heterocycles. The molecule has 0 heterocycles. The SMILES string of the molecule is CC(CCCCC(C)(C)O)C(C)(C)C. The molecule has 0 aromatic carbocycles. The third-order valence-corrected chi connectivity index (χ3v) is 3.15. The number of rotatable bonds is 5. The minimum atomic E-state index is -0.481. The first-order chi connectivity index (χ1) is 6.13. The molecule has 0 aromatic heterocycles. The van der Waals surface area contributed by atoms with Crippen molar-refractivity contribution >= 4 is 0 Å². The molecule has 1 heteroatoms. The van der Waals surface area contributed by atoms with Crippen LogP contribution in [-0.4, -0.2) is 10.7 Å². The summed E-state index contributed by atoms with van der Waals surface area (Å²) in [4.78, 5) is 0. The summed E-state index contributed by atoms with van der Waals surface area (Å²) in [5.41, 5.74) is -0.0559. The highest BCUT2D eigenvalue weighted by atomic mass is 16.3. The molecular weight excluding hydrogens is 172 g/mol. The van der Waals surface area contributed by atoms with E-state index in [0.29, 0.717) is 5.41 Å². The van der Waals surface area contributed by atoms with Crippen molar-refractivity contribution in [2.75, 3.05) is 0 Å². The summed E-state index contributed by atoms with van der Waals surface area (Å²) in [5, 5.41) is 9.54. The van der Waals surface area contributed by atoms with Gasteiger partial charge in [-0.2, -0.15) is 0 Å². The first kappa shape index (κ1) is 14.0. The van der Waals surface area contributed by atoms with E-state index in [9.17, 15) is 5.11 Å². The number of hydrogen-bond donors (Lipinski definition) is 1. The van der Waals surface area contributed by atoms with Crippen molar-refractivity contribution in [1.82, 2.24) is 0 Å². The van der Waals surface area contributed by atoms with Gasteiger partial charge in [0.05, 0.1) is 5.60 Å². The highest BCUT2D eigenvalue weighted by molar-refractivity contribution is 4.71. The number of hydrogen-bond acceptors (Lipinski definition) is 1. The van der Waals surface area contributed by atoms with E-state index in [0.717, 1.165) is 18.8 Å². The fraction of sp³-hybridized carbons (Fsp3) is 1.00. The fourth-order valence-electron chi connectivity index (χ4n) is 1.44. The topological polar surface area (TPSA) is 20.2 Å². The third kappa shape index (κ3) is 7.37. The summed E-state index contributed by atoms with van der Waals surface area (Å²) in [6.07, 6.45) is 4.58. The third-order valence-electron chi connectivity index (χ3n) is 3.15. The van der Waals surface area contributed by atoms with E-state index in [1.54, 1.807) is 0 Å². The van der Waals surface area contributed by atoms with E-state index in [1.807, 2.05) is 13.8 Å². The van der Waals surface area contributed by atoms with Gasteiger partial charge in [0, 0.05) is 0 Å². The Labute approximate surface area is 89.9 Å². The zero-order valence-electron chi connectivity index (χ0n) is 10.9. The molecule has 1 nitrogen and oxygen atoms in total. The Morgan fingerprint density at radius 1 is 1.00 bits per heavy atom. The van der Waals surface area contributed by atoms with Gasteiger partial charge in [-0.05, 0) is 31.6 Å². The van der Waals surface area contributed by atoms with Crippen LogP contribution >= 0.6 is 0 Å².